The molecule has 0 radical (unpaired) electrons. The van der Waals surface area contributed by atoms with Crippen LogP contribution in [0.15, 0.2) is 18.2 Å². The molecular weight excluding hydrogens is 289 g/mol. The highest BCUT2D eigenvalue weighted by atomic mass is 35.5. The first-order valence-electron chi connectivity index (χ1n) is 5.70. The minimum atomic E-state index is 0.531. The van der Waals surface area contributed by atoms with Crippen molar-refractivity contribution in [2.45, 2.75) is 19.9 Å². The molecule has 0 aliphatic heterocycles. The van der Waals surface area contributed by atoms with Gasteiger partial charge in [-0.3, -0.25) is 0 Å². The Labute approximate surface area is 120 Å². The van der Waals surface area contributed by atoms with Crippen molar-refractivity contribution in [3.63, 3.8) is 0 Å². The van der Waals surface area contributed by atoms with Gasteiger partial charge in [0.15, 0.2) is 0 Å². The van der Waals surface area contributed by atoms with E-state index in [2.05, 4.69) is 22.4 Å². The lowest BCUT2D eigenvalue weighted by atomic mass is 10.2. The van der Waals surface area contributed by atoms with Crippen LogP contribution in [0.1, 0.15) is 18.4 Å². The quantitative estimate of drug-likeness (QED) is 0.848. The van der Waals surface area contributed by atoms with Gasteiger partial charge in [0.25, 0.3) is 0 Å². The Balaban J connectivity index is 2.16. The van der Waals surface area contributed by atoms with Crippen molar-refractivity contribution >= 4 is 34.5 Å². The minimum Gasteiger partial charge on any atom is -0.310 e. The number of aromatic nitrogens is 2. The van der Waals surface area contributed by atoms with Gasteiger partial charge in [-0.1, -0.05) is 53.6 Å². The highest BCUT2D eigenvalue weighted by Crippen LogP contribution is 2.34. The molecule has 96 valence electrons. The van der Waals surface area contributed by atoms with E-state index >= 15 is 0 Å². The maximum absolute atomic E-state index is 6.16. The zero-order valence-corrected chi connectivity index (χ0v) is 12.2. The molecule has 0 atom stereocenters. The van der Waals surface area contributed by atoms with Crippen LogP contribution in [0.4, 0.5) is 0 Å². The summed E-state index contributed by atoms with van der Waals surface area (Å²) in [5, 5.41) is 14.4. The van der Waals surface area contributed by atoms with Crippen LogP contribution in [0.2, 0.25) is 10.0 Å². The fraction of sp³-hybridized carbons (Fsp3) is 0.333. The number of hydrogen-bond acceptors (Lipinski definition) is 4. The molecule has 0 aliphatic carbocycles. The molecule has 18 heavy (non-hydrogen) atoms. The lowest BCUT2D eigenvalue weighted by molar-refractivity contribution is 0.668. The Bertz CT molecular complexity index is 528. The Morgan fingerprint density at radius 1 is 1.28 bits per heavy atom. The van der Waals surface area contributed by atoms with E-state index in [0.717, 1.165) is 35.1 Å². The van der Waals surface area contributed by atoms with Crippen molar-refractivity contribution < 1.29 is 0 Å². The number of benzene rings is 1. The van der Waals surface area contributed by atoms with Gasteiger partial charge in [0.05, 0.1) is 10.0 Å². The van der Waals surface area contributed by atoms with Crippen LogP contribution in [0, 0.1) is 0 Å². The molecule has 0 aliphatic rings. The van der Waals surface area contributed by atoms with Crippen molar-refractivity contribution in [3.8, 4) is 10.6 Å². The molecule has 0 amide bonds. The molecule has 1 heterocycles. The molecule has 0 spiro atoms. The first kappa shape index (κ1) is 13.7. The summed E-state index contributed by atoms with van der Waals surface area (Å²) in [5.74, 6) is 0. The number of halogens is 2. The Hall–Kier alpha value is -0.680. The van der Waals surface area contributed by atoms with Gasteiger partial charge in [-0.15, -0.1) is 10.2 Å². The third-order valence-corrected chi connectivity index (χ3v) is 4.13. The standard InChI is InChI=1S/C12H13Cl2N3S/c1-2-6-15-7-10-16-17-12(18-10)8-4-3-5-9(13)11(8)14/h3-5,15H,2,6-7H2,1H3. The van der Waals surface area contributed by atoms with Crippen molar-refractivity contribution in [1.82, 2.24) is 15.5 Å². The molecular formula is C12H13Cl2N3S. The molecule has 1 N–H and O–H groups in total. The lowest BCUT2D eigenvalue weighted by Crippen LogP contribution is -2.13. The van der Waals surface area contributed by atoms with Crippen molar-refractivity contribution in [3.05, 3.63) is 33.3 Å². The van der Waals surface area contributed by atoms with E-state index in [1.54, 1.807) is 6.07 Å². The van der Waals surface area contributed by atoms with E-state index in [1.165, 1.54) is 11.3 Å². The van der Waals surface area contributed by atoms with Gasteiger partial charge >= 0.3 is 0 Å². The average molecular weight is 302 g/mol. The van der Waals surface area contributed by atoms with Gasteiger partial charge in [0.1, 0.15) is 10.0 Å². The summed E-state index contributed by atoms with van der Waals surface area (Å²) >= 11 is 13.7. The summed E-state index contributed by atoms with van der Waals surface area (Å²) < 4.78 is 0. The maximum Gasteiger partial charge on any atom is 0.149 e. The summed E-state index contributed by atoms with van der Waals surface area (Å²) in [6.07, 6.45) is 1.10. The van der Waals surface area contributed by atoms with E-state index < -0.39 is 0 Å². The summed E-state index contributed by atoms with van der Waals surface area (Å²) in [4.78, 5) is 0. The van der Waals surface area contributed by atoms with E-state index in [9.17, 15) is 0 Å². The van der Waals surface area contributed by atoms with Gasteiger partial charge in [-0.2, -0.15) is 0 Å². The van der Waals surface area contributed by atoms with E-state index in [1.807, 2.05) is 12.1 Å². The molecule has 0 fully saturated rings. The highest BCUT2D eigenvalue weighted by Gasteiger charge is 2.11. The van der Waals surface area contributed by atoms with Crippen LogP contribution in [-0.4, -0.2) is 16.7 Å². The van der Waals surface area contributed by atoms with E-state index in [4.69, 9.17) is 23.2 Å². The van der Waals surface area contributed by atoms with Gasteiger partial charge < -0.3 is 5.32 Å². The molecule has 1 aromatic carbocycles. The van der Waals surface area contributed by atoms with Gasteiger partial charge in [0, 0.05) is 12.1 Å². The highest BCUT2D eigenvalue weighted by molar-refractivity contribution is 7.14. The molecule has 0 bridgehead atoms. The van der Waals surface area contributed by atoms with E-state index in [0.29, 0.717) is 10.0 Å². The zero-order chi connectivity index (χ0) is 13.0. The molecule has 0 saturated carbocycles. The Morgan fingerprint density at radius 2 is 2.11 bits per heavy atom. The topological polar surface area (TPSA) is 37.8 Å². The van der Waals surface area contributed by atoms with Crippen LogP contribution >= 0.6 is 34.5 Å². The van der Waals surface area contributed by atoms with Crippen molar-refractivity contribution in [1.29, 1.82) is 0 Å². The number of nitrogens with one attached hydrogen (secondary N) is 1. The first-order valence-corrected chi connectivity index (χ1v) is 7.27. The Kier molecular flexibility index (Phi) is 4.95. The smallest absolute Gasteiger partial charge is 0.149 e. The second kappa shape index (κ2) is 6.48. The largest absolute Gasteiger partial charge is 0.310 e. The molecule has 1 aromatic heterocycles. The second-order valence-electron chi connectivity index (χ2n) is 3.78. The van der Waals surface area contributed by atoms with Crippen molar-refractivity contribution in [2.24, 2.45) is 0 Å². The van der Waals surface area contributed by atoms with Crippen LogP contribution in [0.25, 0.3) is 10.6 Å². The lowest BCUT2D eigenvalue weighted by Gasteiger charge is -2.00. The van der Waals surface area contributed by atoms with Crippen molar-refractivity contribution in [2.75, 3.05) is 6.54 Å². The maximum atomic E-state index is 6.16. The third-order valence-electron chi connectivity index (χ3n) is 2.35. The number of nitrogens with zero attached hydrogens (tertiary/aromatic N) is 2. The molecule has 0 unspecified atom stereocenters. The van der Waals surface area contributed by atoms with Crippen LogP contribution in [-0.2, 0) is 6.54 Å². The zero-order valence-electron chi connectivity index (χ0n) is 9.91. The average Bonchev–Trinajstić information content (AvgIpc) is 2.82. The molecule has 3 nitrogen and oxygen atoms in total. The monoisotopic (exact) mass is 301 g/mol. The fourth-order valence-corrected chi connectivity index (χ4v) is 2.76. The molecule has 2 aromatic rings. The molecule has 6 heteroatoms. The Morgan fingerprint density at radius 3 is 2.89 bits per heavy atom. The SMILES string of the molecule is CCCNCc1nnc(-c2cccc(Cl)c2Cl)s1. The summed E-state index contributed by atoms with van der Waals surface area (Å²) in [5.41, 5.74) is 0.836. The summed E-state index contributed by atoms with van der Waals surface area (Å²) in [6, 6.07) is 5.52. The summed E-state index contributed by atoms with van der Waals surface area (Å²) in [6.45, 7) is 3.85. The van der Waals surface area contributed by atoms with Gasteiger partial charge in [-0.05, 0) is 19.0 Å². The van der Waals surface area contributed by atoms with Gasteiger partial charge in [0.2, 0.25) is 0 Å². The van der Waals surface area contributed by atoms with Crippen LogP contribution in [0.3, 0.4) is 0 Å². The number of rotatable bonds is 5. The van der Waals surface area contributed by atoms with Crippen LogP contribution in [0.5, 0.6) is 0 Å². The van der Waals surface area contributed by atoms with Crippen LogP contribution < -0.4 is 5.32 Å². The first-order chi connectivity index (χ1) is 8.72. The third kappa shape index (κ3) is 3.20. The minimum absolute atomic E-state index is 0.531. The molecule has 0 saturated heterocycles. The molecule has 2 rings (SSSR count). The predicted octanol–water partition coefficient (Wildman–Crippen LogP) is 4.01. The van der Waals surface area contributed by atoms with E-state index in [-0.39, 0.29) is 0 Å². The summed E-state index contributed by atoms with van der Waals surface area (Å²) in [7, 11) is 0. The second-order valence-corrected chi connectivity index (χ2v) is 5.63. The predicted molar refractivity (Wildman–Crippen MR) is 77.4 cm³/mol. The fourth-order valence-electron chi connectivity index (χ4n) is 1.47. The normalized spacial score (nSPS) is 10.8. The van der Waals surface area contributed by atoms with Gasteiger partial charge in [-0.25, -0.2) is 0 Å². The number of hydrogen-bond donors (Lipinski definition) is 1.